The first-order valence-corrected chi connectivity index (χ1v) is 7.41. The zero-order valence-electron chi connectivity index (χ0n) is 11.3. The van der Waals surface area contributed by atoms with Crippen molar-refractivity contribution in [1.82, 2.24) is 0 Å². The van der Waals surface area contributed by atoms with Gasteiger partial charge in [-0.1, -0.05) is 17.7 Å². The first-order valence-electron chi connectivity index (χ1n) is 6.22. The molecule has 0 saturated heterocycles. The number of rotatable bonds is 4. The number of thiophene rings is 1. The lowest BCUT2D eigenvalue weighted by Crippen LogP contribution is -2.28. The van der Waals surface area contributed by atoms with Crippen molar-refractivity contribution in [3.05, 3.63) is 50.7 Å². The van der Waals surface area contributed by atoms with E-state index < -0.39 is 0 Å². The van der Waals surface area contributed by atoms with Crippen LogP contribution in [0.3, 0.4) is 0 Å². The third-order valence-corrected chi connectivity index (χ3v) is 4.22. The van der Waals surface area contributed by atoms with Crippen LogP contribution in [0, 0.1) is 13.8 Å². The zero-order chi connectivity index (χ0) is 14.0. The van der Waals surface area contributed by atoms with Gasteiger partial charge in [0.05, 0.1) is 5.02 Å². The Morgan fingerprint density at radius 2 is 1.95 bits per heavy atom. The summed E-state index contributed by atoms with van der Waals surface area (Å²) in [5.41, 5.74) is 7.16. The molecule has 2 unspecified atom stereocenters. The quantitative estimate of drug-likeness (QED) is 0.902. The number of aryl methyl sites for hydroxylation is 2. The van der Waals surface area contributed by atoms with E-state index in [1.807, 2.05) is 32.0 Å². The Kier molecular flexibility index (Phi) is 4.50. The van der Waals surface area contributed by atoms with Crippen LogP contribution in [0.15, 0.2) is 30.3 Å². The second-order valence-corrected chi connectivity index (χ2v) is 6.51. The summed E-state index contributed by atoms with van der Waals surface area (Å²) in [5.74, 6) is 0.681. The van der Waals surface area contributed by atoms with Gasteiger partial charge in [0.2, 0.25) is 0 Å². The smallest absolute Gasteiger partial charge is 0.148 e. The number of hydrogen-bond acceptors (Lipinski definition) is 3. The Bertz CT molecular complexity index is 565. The van der Waals surface area contributed by atoms with Gasteiger partial charge in [0.25, 0.3) is 0 Å². The minimum Gasteiger partial charge on any atom is -0.482 e. The summed E-state index contributed by atoms with van der Waals surface area (Å²) in [6.07, 6.45) is -0.168. The summed E-state index contributed by atoms with van der Waals surface area (Å²) in [7, 11) is 0. The Morgan fingerprint density at radius 1 is 1.21 bits per heavy atom. The van der Waals surface area contributed by atoms with Gasteiger partial charge in [0, 0.05) is 15.8 Å². The lowest BCUT2D eigenvalue weighted by atomic mass is 10.1. The molecule has 0 radical (unpaired) electrons. The summed E-state index contributed by atoms with van der Waals surface area (Å²) in [5, 5.41) is 0.624. The van der Waals surface area contributed by atoms with E-state index in [4.69, 9.17) is 22.1 Å². The molecule has 2 rings (SSSR count). The molecule has 2 atom stereocenters. The van der Waals surface area contributed by atoms with Crippen molar-refractivity contribution in [2.75, 3.05) is 0 Å². The number of benzene rings is 1. The van der Waals surface area contributed by atoms with Crippen LogP contribution >= 0.6 is 22.9 Å². The molecule has 1 heterocycles. The molecule has 0 aliphatic heterocycles. The largest absolute Gasteiger partial charge is 0.482 e. The number of hydrogen-bond donors (Lipinski definition) is 1. The van der Waals surface area contributed by atoms with Gasteiger partial charge in [-0.25, -0.2) is 0 Å². The third-order valence-electron chi connectivity index (χ3n) is 2.86. The molecular formula is C15H18ClNOS. The van der Waals surface area contributed by atoms with E-state index in [9.17, 15) is 0 Å². The standard InChI is InChI=1S/C15H18ClNOS/c1-9-4-6-13(12(16)8-9)18-15(11(3)17)14-7-5-10(2)19-14/h4-8,11,15H,17H2,1-3H3. The molecule has 2 nitrogen and oxygen atoms in total. The molecule has 102 valence electrons. The second-order valence-electron chi connectivity index (χ2n) is 4.78. The average Bonchev–Trinajstić information content (AvgIpc) is 2.74. The molecule has 2 N–H and O–H groups in total. The summed E-state index contributed by atoms with van der Waals surface area (Å²) in [4.78, 5) is 2.38. The predicted octanol–water partition coefficient (Wildman–Crippen LogP) is 4.49. The minimum atomic E-state index is -0.168. The number of halogens is 1. The van der Waals surface area contributed by atoms with Crippen LogP contribution in [0.25, 0.3) is 0 Å². The number of ether oxygens (including phenoxy) is 1. The molecule has 2 aromatic rings. The Morgan fingerprint density at radius 3 is 2.47 bits per heavy atom. The second kappa shape index (κ2) is 5.95. The highest BCUT2D eigenvalue weighted by atomic mass is 35.5. The SMILES string of the molecule is Cc1ccc(OC(c2ccc(C)s2)C(C)N)c(Cl)c1. The zero-order valence-corrected chi connectivity index (χ0v) is 12.9. The highest BCUT2D eigenvalue weighted by Gasteiger charge is 2.21. The van der Waals surface area contributed by atoms with Crippen LogP contribution in [0.2, 0.25) is 5.02 Å². The maximum Gasteiger partial charge on any atom is 0.148 e. The van der Waals surface area contributed by atoms with Crippen LogP contribution in [0.4, 0.5) is 0 Å². The van der Waals surface area contributed by atoms with Gasteiger partial charge >= 0.3 is 0 Å². The van der Waals surface area contributed by atoms with Gasteiger partial charge in [-0.3, -0.25) is 0 Å². The Labute approximate surface area is 123 Å². The lowest BCUT2D eigenvalue weighted by molar-refractivity contribution is 0.184. The van der Waals surface area contributed by atoms with Crippen molar-refractivity contribution in [3.8, 4) is 5.75 Å². The van der Waals surface area contributed by atoms with E-state index in [1.54, 1.807) is 11.3 Å². The van der Waals surface area contributed by atoms with E-state index in [0.29, 0.717) is 10.8 Å². The summed E-state index contributed by atoms with van der Waals surface area (Å²) in [6, 6.07) is 9.82. The fourth-order valence-corrected chi connectivity index (χ4v) is 3.17. The maximum absolute atomic E-state index is 6.21. The van der Waals surface area contributed by atoms with Gasteiger partial charge in [-0.2, -0.15) is 0 Å². The highest BCUT2D eigenvalue weighted by molar-refractivity contribution is 7.12. The number of nitrogens with two attached hydrogens (primary N) is 1. The fraction of sp³-hybridized carbons (Fsp3) is 0.333. The molecule has 1 aromatic carbocycles. The van der Waals surface area contributed by atoms with Gasteiger partial charge in [-0.05, 0) is 50.6 Å². The van der Waals surface area contributed by atoms with Crippen molar-refractivity contribution in [2.24, 2.45) is 5.73 Å². The third kappa shape index (κ3) is 3.50. The molecule has 0 amide bonds. The van der Waals surface area contributed by atoms with Crippen molar-refractivity contribution in [1.29, 1.82) is 0 Å². The Hall–Kier alpha value is -1.03. The normalized spacial score (nSPS) is 14.2. The molecule has 0 aliphatic carbocycles. The summed E-state index contributed by atoms with van der Waals surface area (Å²) < 4.78 is 6.01. The minimum absolute atomic E-state index is 0.101. The Balaban J connectivity index is 2.26. The molecule has 1 aromatic heterocycles. The summed E-state index contributed by atoms with van der Waals surface area (Å²) >= 11 is 7.91. The fourth-order valence-electron chi connectivity index (χ4n) is 1.87. The molecule has 0 aliphatic rings. The van der Waals surface area contributed by atoms with E-state index in [-0.39, 0.29) is 12.1 Å². The van der Waals surface area contributed by atoms with E-state index in [0.717, 1.165) is 10.4 Å². The van der Waals surface area contributed by atoms with Gasteiger partial charge in [0.15, 0.2) is 0 Å². The van der Waals surface area contributed by atoms with Crippen molar-refractivity contribution in [3.63, 3.8) is 0 Å². The van der Waals surface area contributed by atoms with Crippen LogP contribution in [-0.4, -0.2) is 6.04 Å². The van der Waals surface area contributed by atoms with Crippen LogP contribution in [0.5, 0.6) is 5.75 Å². The predicted molar refractivity (Wildman–Crippen MR) is 82.3 cm³/mol. The monoisotopic (exact) mass is 295 g/mol. The van der Waals surface area contributed by atoms with Crippen molar-refractivity contribution < 1.29 is 4.74 Å². The lowest BCUT2D eigenvalue weighted by Gasteiger charge is -2.22. The first kappa shape index (κ1) is 14.4. The topological polar surface area (TPSA) is 35.2 Å². The van der Waals surface area contributed by atoms with Crippen LogP contribution < -0.4 is 10.5 Å². The summed E-state index contributed by atoms with van der Waals surface area (Å²) in [6.45, 7) is 6.02. The van der Waals surface area contributed by atoms with Crippen molar-refractivity contribution in [2.45, 2.75) is 32.9 Å². The van der Waals surface area contributed by atoms with Gasteiger partial charge in [0.1, 0.15) is 11.9 Å². The van der Waals surface area contributed by atoms with Gasteiger partial charge in [-0.15, -0.1) is 11.3 Å². The van der Waals surface area contributed by atoms with E-state index in [2.05, 4.69) is 19.1 Å². The van der Waals surface area contributed by atoms with Crippen molar-refractivity contribution >= 4 is 22.9 Å². The van der Waals surface area contributed by atoms with Crippen LogP contribution in [-0.2, 0) is 0 Å². The average molecular weight is 296 g/mol. The first-order chi connectivity index (χ1) is 8.97. The van der Waals surface area contributed by atoms with E-state index >= 15 is 0 Å². The molecule has 0 spiro atoms. The van der Waals surface area contributed by atoms with Gasteiger partial charge < -0.3 is 10.5 Å². The molecule has 0 bridgehead atoms. The molecule has 0 saturated carbocycles. The molecule has 4 heteroatoms. The molecule has 0 fully saturated rings. The van der Waals surface area contributed by atoms with E-state index in [1.165, 1.54) is 4.88 Å². The van der Waals surface area contributed by atoms with Crippen LogP contribution in [0.1, 0.15) is 28.3 Å². The maximum atomic E-state index is 6.21. The molecular weight excluding hydrogens is 278 g/mol. The highest BCUT2D eigenvalue weighted by Crippen LogP contribution is 2.33. The molecule has 19 heavy (non-hydrogen) atoms.